The van der Waals surface area contributed by atoms with Crippen molar-refractivity contribution in [2.75, 3.05) is 92.5 Å². The van der Waals surface area contributed by atoms with E-state index in [0.29, 0.717) is 33.4 Å². The third-order valence-electron chi connectivity index (χ3n) is 17.5. The van der Waals surface area contributed by atoms with Gasteiger partial charge in [-0.3, -0.25) is 0 Å². The second-order valence-electron chi connectivity index (χ2n) is 24.7. The Morgan fingerprint density at radius 2 is 0.352 bits per heavy atom. The number of rotatable bonds is 5. The third kappa shape index (κ3) is 27.3. The molecule has 0 atom stereocenters. The Labute approximate surface area is 694 Å². The largest absolute Gasteiger partial charge is 3.00 e. The van der Waals surface area contributed by atoms with Gasteiger partial charge in [0.2, 0.25) is 0 Å². The van der Waals surface area contributed by atoms with Crippen LogP contribution in [0.1, 0.15) is 90.9 Å². The summed E-state index contributed by atoms with van der Waals surface area (Å²) in [6.45, 7) is 17.7. The second kappa shape index (κ2) is 50.6. The number of fused-ring (bicyclic) bond motifs is 6. The van der Waals surface area contributed by atoms with Crippen LogP contribution >= 0.6 is 0 Å². The minimum Gasteiger partial charge on any atom is -0.872 e. The number of hydrogen-bond acceptors (Lipinski definition) is 13. The van der Waals surface area contributed by atoms with Crippen LogP contribution in [0.15, 0.2) is 218 Å². The average Bonchev–Trinajstić information content (AvgIpc) is 0.931. The molecule has 6 saturated heterocycles. The zero-order valence-electron chi connectivity index (χ0n) is 61.7. The van der Waals surface area contributed by atoms with Crippen LogP contribution in [0.5, 0.6) is 34.5 Å². The first-order chi connectivity index (χ1) is 49.7. The first kappa shape index (κ1) is 89.7. The summed E-state index contributed by atoms with van der Waals surface area (Å²) in [7, 11) is 0. The Balaban J connectivity index is 0.000000226. The van der Waals surface area contributed by atoms with Gasteiger partial charge in [0.05, 0.1) is 0 Å². The van der Waals surface area contributed by atoms with Crippen molar-refractivity contribution in [3.05, 3.63) is 218 Å². The zero-order valence-corrected chi connectivity index (χ0v) is 63.5. The van der Waals surface area contributed by atoms with Gasteiger partial charge in [-0.2, -0.15) is 0 Å². The summed E-state index contributed by atoms with van der Waals surface area (Å²) < 4.78 is 34.5. The Hall–Kier alpha value is -5.97. The summed E-state index contributed by atoms with van der Waals surface area (Å²) in [6.07, 6.45) is 15.3. The van der Waals surface area contributed by atoms with E-state index in [1.807, 2.05) is 159 Å². The topological polar surface area (TPSA) is 203 Å². The van der Waals surface area contributed by atoms with E-state index in [4.69, 9.17) is 33.2 Å². The summed E-state index contributed by atoms with van der Waals surface area (Å²) in [5, 5.41) is 85.7. The predicted molar refractivity (Wildman–Crippen MR) is 400 cm³/mol. The van der Waals surface area contributed by atoms with Crippen molar-refractivity contribution in [2.45, 2.75) is 90.9 Å². The van der Waals surface area contributed by atoms with Gasteiger partial charge in [-0.1, -0.05) is 218 Å². The van der Waals surface area contributed by atoms with Crippen LogP contribution in [0.25, 0.3) is 98.0 Å². The number of ether oxygens (including phenoxy) is 7. The van der Waals surface area contributed by atoms with Crippen LogP contribution in [0.3, 0.4) is 0 Å². The molecule has 0 bridgehead atoms. The summed E-state index contributed by atoms with van der Waals surface area (Å²) in [4.78, 5) is 0. The van der Waals surface area contributed by atoms with Gasteiger partial charge in [0, 0.05) is 92.5 Å². The maximum absolute atomic E-state index is 12.5. The summed E-state index contributed by atoms with van der Waals surface area (Å²) >= 11 is 0. The van der Waals surface area contributed by atoms with Gasteiger partial charge >= 0.3 is 104 Å². The Morgan fingerprint density at radius 3 is 0.457 bits per heavy atom. The molecule has 0 amide bonds. The van der Waals surface area contributed by atoms with Crippen LogP contribution in [-0.4, -0.2) is 92.5 Å². The van der Waals surface area contributed by atoms with Gasteiger partial charge in [-0.05, 0) is 189 Å². The van der Waals surface area contributed by atoms with Crippen molar-refractivity contribution in [3.8, 4) is 67.9 Å². The van der Waals surface area contributed by atoms with Crippen molar-refractivity contribution < 1.29 is 167 Å². The van der Waals surface area contributed by atoms with Crippen LogP contribution in [0.2, 0.25) is 0 Å². The predicted octanol–water partition coefficient (Wildman–Crippen LogP) is 8.26. The van der Waals surface area contributed by atoms with Gasteiger partial charge in [0.15, 0.2) is 0 Å². The first-order valence-corrected chi connectivity index (χ1v) is 35.9. The van der Waals surface area contributed by atoms with Gasteiger partial charge in [-0.25, -0.2) is 0 Å². The molecule has 0 saturated carbocycles. The van der Waals surface area contributed by atoms with Crippen LogP contribution in [0, 0.1) is 46.9 Å². The van der Waals surface area contributed by atoms with Crippen LogP contribution in [0.4, 0.5) is 0 Å². The van der Waals surface area contributed by atoms with Crippen molar-refractivity contribution in [1.82, 2.24) is 0 Å². The van der Waals surface area contributed by atoms with Gasteiger partial charge in [0.25, 0.3) is 0 Å². The summed E-state index contributed by atoms with van der Waals surface area (Å²) in [5.41, 5.74) is 3.00. The molecule has 105 heavy (non-hydrogen) atoms. The maximum atomic E-state index is 12.5. The van der Waals surface area contributed by atoms with Crippen molar-refractivity contribution in [2.24, 2.45) is 0 Å². The molecule has 0 N–H and O–H groups in total. The Kier molecular flexibility index (Phi) is 43.2. The fraction of sp³-hybridized carbons (Fsp3) is 0.318. The fourth-order valence-electron chi connectivity index (χ4n) is 12.3. The van der Waals surface area contributed by atoms with Crippen molar-refractivity contribution in [3.63, 3.8) is 0 Å². The van der Waals surface area contributed by atoms with Crippen LogP contribution in [-0.2, 0) is 33.2 Å². The van der Waals surface area contributed by atoms with E-state index >= 15 is 0 Å². The molecule has 18 rings (SSSR count). The first-order valence-electron chi connectivity index (χ1n) is 35.9. The minimum atomic E-state index is -0.118. The molecule has 12 aromatic carbocycles. The Morgan fingerprint density at radius 1 is 0.219 bits per heavy atom. The number of hydrogen-bond donors (Lipinski definition) is 0. The second-order valence-corrected chi connectivity index (χ2v) is 24.7. The molecule has 12 aromatic rings. The average molecular weight is 1550 g/mol. The summed E-state index contributed by atoms with van der Waals surface area (Å²) in [5.74, 6) is -0.710. The smallest absolute Gasteiger partial charge is 0.872 e. The molecule has 0 aromatic heterocycles. The van der Waals surface area contributed by atoms with E-state index in [9.17, 15) is 30.6 Å². The molecule has 6 fully saturated rings. The molecule has 13 nitrogen and oxygen atoms in total. The molecular formula is C88H94Li3O13Yb. The molecule has 0 unspecified atom stereocenters. The van der Waals surface area contributed by atoms with Crippen LogP contribution < -0.4 is 87.2 Å². The van der Waals surface area contributed by atoms with Crippen molar-refractivity contribution >= 4 is 64.6 Å². The Bertz CT molecular complexity index is 3690. The SMILES string of the molecule is C1CCOC1.C1CCOC1.C1CCOC1.C1CCOC1.C1CCOC1.C1CCOC1.CCOCC.[Li+].[Li+].[Li+].[O-]c1ccc2ccccc2c1-c1c([O-])ccc2ccccc12.[O-]c1ccc2ccccc2c1-c1c([O-])ccc2ccccc12.[O-]c1ccc2ccccc2c1-c1c([O-])ccc2ccccc12.[Yb+3]. The molecule has 6 aliphatic heterocycles. The molecular weight excluding hydrogens is 1460 g/mol. The molecule has 1 radical (unpaired) electrons. The van der Waals surface area contributed by atoms with E-state index in [-0.39, 0.29) is 138 Å². The normalized spacial score (nSPS) is 14.2. The van der Waals surface area contributed by atoms with E-state index in [1.165, 1.54) is 77.0 Å². The van der Waals surface area contributed by atoms with E-state index in [1.54, 1.807) is 72.8 Å². The monoisotopic (exact) mass is 1550 g/mol. The molecule has 0 spiro atoms. The van der Waals surface area contributed by atoms with Gasteiger partial charge < -0.3 is 63.8 Å². The quantitative estimate of drug-likeness (QED) is 0.149. The standard InChI is InChI=1S/3C20H14O2.6C4H8O.C4H10O.3Li.Yb/c3*21-17-11-9-13-5-1-3-7-15(13)19(17)20-16-8-4-2-6-14(16)10-12-18(20)22;6*1-2-4-5-3-1;1-3-5-4-2;;;;/h3*1-12,21-22H;6*1-4H2;3-4H2,1-2H3;;;;/q;;;;;;;;;;3*+1;+3/p-6. The zero-order chi connectivity index (χ0) is 70.6. The van der Waals surface area contributed by atoms with Gasteiger partial charge in [0.1, 0.15) is 0 Å². The van der Waals surface area contributed by atoms with Gasteiger partial charge in [-0.15, -0.1) is 34.5 Å². The fourth-order valence-corrected chi connectivity index (χ4v) is 12.3. The number of benzene rings is 12. The molecule has 0 aliphatic carbocycles. The van der Waals surface area contributed by atoms with E-state index in [0.717, 1.165) is 157 Å². The van der Waals surface area contributed by atoms with E-state index < -0.39 is 0 Å². The molecule has 6 aliphatic rings. The van der Waals surface area contributed by atoms with Crippen molar-refractivity contribution in [1.29, 1.82) is 0 Å². The third-order valence-corrected chi connectivity index (χ3v) is 17.5. The molecule has 17 heteroatoms. The van der Waals surface area contributed by atoms with E-state index in [2.05, 4.69) is 0 Å². The maximum Gasteiger partial charge on any atom is 3.00 e. The molecule has 541 valence electrons. The summed E-state index contributed by atoms with van der Waals surface area (Å²) in [6, 6.07) is 66.1. The minimum absolute atomic E-state index is 0. The molecule has 6 heterocycles.